The molecule has 0 atom stereocenters. The third kappa shape index (κ3) is 4.62. The molecule has 0 saturated heterocycles. The van der Waals surface area contributed by atoms with Crippen molar-refractivity contribution in [3.05, 3.63) is 57.2 Å². The van der Waals surface area contributed by atoms with Gasteiger partial charge in [0.15, 0.2) is 5.84 Å². The topological polar surface area (TPSA) is 35.8 Å². The van der Waals surface area contributed by atoms with Crippen LogP contribution < -0.4 is 0 Å². The van der Waals surface area contributed by atoms with Crippen molar-refractivity contribution in [3.63, 3.8) is 0 Å². The molecule has 0 fully saturated rings. The van der Waals surface area contributed by atoms with Crippen molar-refractivity contribution in [1.82, 2.24) is 4.90 Å². The molecule has 1 aromatic carbocycles. The van der Waals surface area contributed by atoms with Gasteiger partial charge in [0.25, 0.3) is 0 Å². The first-order valence-corrected chi connectivity index (χ1v) is 4.44. The maximum atomic E-state index is 8.90. The minimum atomic E-state index is 0. The van der Waals surface area contributed by atoms with Gasteiger partial charge in [-0.25, -0.2) is 0 Å². The predicted octanol–water partition coefficient (Wildman–Crippen LogP) is 2.24. The number of amidine groups is 1. The summed E-state index contributed by atoms with van der Waals surface area (Å²) in [5, 5.41) is 12.2. The van der Waals surface area contributed by atoms with E-state index in [0.29, 0.717) is 18.9 Å². The molecule has 0 bridgehead atoms. The zero-order valence-electron chi connectivity index (χ0n) is 9.63. The van der Waals surface area contributed by atoms with Crippen molar-refractivity contribution >= 4 is 5.84 Å². The van der Waals surface area contributed by atoms with E-state index in [1.54, 1.807) is 4.90 Å². The number of hydrogen-bond acceptors (Lipinski definition) is 2. The summed E-state index contributed by atoms with van der Waals surface area (Å²) in [4.78, 5) is 1.79. The minimum absolute atomic E-state index is 0. The van der Waals surface area contributed by atoms with Crippen LogP contribution in [0.4, 0.5) is 0 Å². The van der Waals surface area contributed by atoms with Crippen LogP contribution >= 0.6 is 0 Å². The fourth-order valence-electron chi connectivity index (χ4n) is 1.21. The molecular weight excluding hydrogens is 277 g/mol. The Hall–Kier alpha value is -0.406. The van der Waals surface area contributed by atoms with E-state index in [9.17, 15) is 0 Å². The van der Waals surface area contributed by atoms with Crippen LogP contribution in [0.1, 0.15) is 5.56 Å². The molecule has 1 aromatic rings. The Morgan fingerprint density at radius 2 is 1.69 bits per heavy atom. The van der Waals surface area contributed by atoms with Gasteiger partial charge in [-0.15, -0.1) is 13.1 Å². The largest absolute Gasteiger partial charge is 3.00 e. The van der Waals surface area contributed by atoms with Crippen LogP contribution in [0, 0.1) is 21.3 Å². The first kappa shape index (κ1) is 18.0. The summed E-state index contributed by atoms with van der Waals surface area (Å²) in [6.45, 7) is 8.54. The Labute approximate surface area is 123 Å². The molecule has 0 aliphatic heterocycles. The Bertz CT molecular complexity index is 297. The molecule has 0 unspecified atom stereocenters. The average molecular weight is 294 g/mol. The van der Waals surface area contributed by atoms with Crippen LogP contribution in [-0.2, 0) is 32.7 Å². The van der Waals surface area contributed by atoms with Gasteiger partial charge in [-0.05, 0) is 0 Å². The second-order valence-electron chi connectivity index (χ2n) is 2.78. The van der Waals surface area contributed by atoms with Gasteiger partial charge in [0, 0.05) is 5.56 Å². The fraction of sp³-hybridized carbons (Fsp3) is 0.167. The van der Waals surface area contributed by atoms with Gasteiger partial charge in [-0.1, -0.05) is 35.5 Å². The molecule has 84 valence electrons. The van der Waals surface area contributed by atoms with Gasteiger partial charge in [-0.2, -0.15) is 0 Å². The van der Waals surface area contributed by atoms with Crippen LogP contribution in [0.15, 0.2) is 35.5 Å². The first-order chi connectivity index (χ1) is 6.83. The van der Waals surface area contributed by atoms with E-state index in [2.05, 4.69) is 19.0 Å². The van der Waals surface area contributed by atoms with Gasteiger partial charge in [0.05, 0.1) is 0 Å². The van der Waals surface area contributed by atoms with Crippen molar-refractivity contribution in [2.24, 2.45) is 5.16 Å². The van der Waals surface area contributed by atoms with Crippen molar-refractivity contribution in [2.75, 3.05) is 13.1 Å². The number of benzene rings is 1. The third-order valence-corrected chi connectivity index (χ3v) is 1.97. The second kappa shape index (κ2) is 9.79. The van der Waals surface area contributed by atoms with E-state index in [0.717, 1.165) is 5.56 Å². The average Bonchev–Trinajstić information content (AvgIpc) is 2.27. The summed E-state index contributed by atoms with van der Waals surface area (Å²) < 4.78 is 0. The van der Waals surface area contributed by atoms with E-state index in [-0.39, 0.29) is 40.1 Å². The number of rotatable bonds is 3. The van der Waals surface area contributed by atoms with Crippen molar-refractivity contribution in [1.29, 1.82) is 0 Å². The summed E-state index contributed by atoms with van der Waals surface area (Å²) in [5.41, 5.74) is 0.863. The zero-order chi connectivity index (χ0) is 10.4. The smallest absolute Gasteiger partial charge is 0.413 e. The molecule has 0 amide bonds. The molecular formula is C12H17N2OY. The Morgan fingerprint density at radius 1 is 1.19 bits per heavy atom. The van der Waals surface area contributed by atoms with E-state index < -0.39 is 0 Å². The third-order valence-electron chi connectivity index (χ3n) is 1.97. The summed E-state index contributed by atoms with van der Waals surface area (Å²) in [5.74, 6) is 0.510. The SMILES string of the molecule is [CH2-]CN(C[CH2-])/C(=N/O)c1ccccc1.[CH3-].[Y+3]. The maximum Gasteiger partial charge on any atom is 3.00 e. The van der Waals surface area contributed by atoms with Crippen LogP contribution in [0.2, 0.25) is 0 Å². The van der Waals surface area contributed by atoms with E-state index in [1.807, 2.05) is 30.3 Å². The number of nitrogens with zero attached hydrogens (tertiary/aromatic N) is 2. The quantitative estimate of drug-likeness (QED) is 0.305. The normalized spacial score (nSPS) is 10.0. The van der Waals surface area contributed by atoms with Crippen molar-refractivity contribution in [2.45, 2.75) is 0 Å². The van der Waals surface area contributed by atoms with Gasteiger partial charge in [-0.3, -0.25) is 0 Å². The molecule has 1 N–H and O–H groups in total. The molecule has 0 heterocycles. The summed E-state index contributed by atoms with van der Waals surface area (Å²) in [6, 6.07) is 9.47. The molecule has 0 aliphatic rings. The maximum absolute atomic E-state index is 8.90. The minimum Gasteiger partial charge on any atom is -0.413 e. The molecule has 16 heavy (non-hydrogen) atoms. The van der Waals surface area contributed by atoms with Gasteiger partial charge in [0.2, 0.25) is 0 Å². The standard InChI is InChI=1S/C11H14N2O.CH3.Y/c1-3-13(4-2)11(12-14)10-8-6-5-7-9-10;;/h5-9,14H,1-4H2;1H3;/q-2;-1;+3/b12-11+;;. The zero-order valence-corrected chi connectivity index (χ0v) is 12.5. The predicted molar refractivity (Wildman–Crippen MR) is 63.5 cm³/mol. The van der Waals surface area contributed by atoms with Gasteiger partial charge >= 0.3 is 32.7 Å². The summed E-state index contributed by atoms with van der Waals surface area (Å²) >= 11 is 0. The Kier molecular flexibility index (Phi) is 11.0. The van der Waals surface area contributed by atoms with Crippen LogP contribution in [0.5, 0.6) is 0 Å². The molecule has 0 saturated carbocycles. The monoisotopic (exact) mass is 294 g/mol. The van der Waals surface area contributed by atoms with Crippen LogP contribution in [0.25, 0.3) is 0 Å². The van der Waals surface area contributed by atoms with Gasteiger partial charge in [0.1, 0.15) is 0 Å². The Balaban J connectivity index is 0. The van der Waals surface area contributed by atoms with Crippen LogP contribution in [0.3, 0.4) is 0 Å². The number of oxime groups is 1. The second-order valence-corrected chi connectivity index (χ2v) is 2.78. The summed E-state index contributed by atoms with van der Waals surface area (Å²) in [7, 11) is 0. The van der Waals surface area contributed by atoms with E-state index in [4.69, 9.17) is 5.21 Å². The molecule has 0 spiro atoms. The van der Waals surface area contributed by atoms with Gasteiger partial charge < -0.3 is 31.4 Å². The number of hydrogen-bond donors (Lipinski definition) is 1. The van der Waals surface area contributed by atoms with Crippen LogP contribution in [-0.4, -0.2) is 29.0 Å². The summed E-state index contributed by atoms with van der Waals surface area (Å²) in [6.07, 6.45) is 0. The van der Waals surface area contributed by atoms with E-state index >= 15 is 0 Å². The Morgan fingerprint density at radius 3 is 2.06 bits per heavy atom. The molecule has 0 radical (unpaired) electrons. The first-order valence-electron chi connectivity index (χ1n) is 4.44. The van der Waals surface area contributed by atoms with E-state index in [1.165, 1.54) is 0 Å². The van der Waals surface area contributed by atoms with Crippen molar-refractivity contribution < 1.29 is 37.9 Å². The molecule has 3 nitrogen and oxygen atoms in total. The fourth-order valence-corrected chi connectivity index (χ4v) is 1.21. The molecule has 0 aliphatic carbocycles. The van der Waals surface area contributed by atoms with Crippen molar-refractivity contribution in [3.8, 4) is 0 Å². The molecule has 1 rings (SSSR count). The molecule has 4 heteroatoms. The molecule has 0 aromatic heterocycles.